The number of aryl methyl sites for hydroxylation is 2. The summed E-state index contributed by atoms with van der Waals surface area (Å²) >= 11 is 0. The zero-order valence-electron chi connectivity index (χ0n) is 26.0. The Labute approximate surface area is 273 Å². The maximum absolute atomic E-state index is 11.8. The van der Waals surface area contributed by atoms with Gasteiger partial charge in [-0.3, -0.25) is 9.88 Å². The molecule has 1 aliphatic carbocycles. The monoisotopic (exact) mass is 574 g/mol. The van der Waals surface area contributed by atoms with Crippen molar-refractivity contribution in [3.63, 3.8) is 0 Å². The van der Waals surface area contributed by atoms with Gasteiger partial charge in [0.25, 0.3) is 0 Å². The predicted molar refractivity (Wildman–Crippen MR) is 161 cm³/mol. The topological polar surface area (TPSA) is 65.5 Å². The second-order valence-electron chi connectivity index (χ2n) is 13.3. The average molecular weight is 575 g/mol. The number of carbonyl (C=O) groups excluding carboxylic acids is 1. The number of likely N-dealkylation sites (tertiary alicyclic amines) is 1. The Bertz CT molecular complexity index is 1430. The second kappa shape index (κ2) is 12.8. The first-order valence-corrected chi connectivity index (χ1v) is 15.5. The summed E-state index contributed by atoms with van der Waals surface area (Å²) in [6, 6.07) is 17.5. The maximum atomic E-state index is 11.8. The number of carboxylic acids is 1. The van der Waals surface area contributed by atoms with Crippen LogP contribution in [0, 0.1) is 18.8 Å². The van der Waals surface area contributed by atoms with Crippen LogP contribution in [0.1, 0.15) is 99.3 Å². The molecule has 0 radical (unpaired) electrons. The first-order valence-electron chi connectivity index (χ1n) is 15.5. The number of piperidine rings is 1. The third-order valence-corrected chi connectivity index (χ3v) is 9.87. The Morgan fingerprint density at radius 3 is 2.57 bits per heavy atom. The third-order valence-electron chi connectivity index (χ3n) is 9.87. The van der Waals surface area contributed by atoms with Crippen LogP contribution in [0.15, 0.2) is 54.7 Å². The van der Waals surface area contributed by atoms with E-state index in [4.69, 9.17) is 4.74 Å². The van der Waals surface area contributed by atoms with Crippen molar-refractivity contribution in [3.05, 3.63) is 82.7 Å². The van der Waals surface area contributed by atoms with Gasteiger partial charge in [-0.1, -0.05) is 37.6 Å². The van der Waals surface area contributed by atoms with Crippen molar-refractivity contribution in [2.45, 2.75) is 96.7 Å². The van der Waals surface area contributed by atoms with Crippen LogP contribution >= 0.6 is 0 Å². The van der Waals surface area contributed by atoms with Crippen LogP contribution in [0.3, 0.4) is 0 Å². The van der Waals surface area contributed by atoms with Crippen molar-refractivity contribution >= 4 is 5.97 Å². The Morgan fingerprint density at radius 2 is 1.86 bits per heavy atom. The van der Waals surface area contributed by atoms with Gasteiger partial charge < -0.3 is 14.6 Å². The molecule has 42 heavy (non-hydrogen) atoms. The minimum absolute atomic E-state index is 0. The average Bonchev–Trinajstić information content (AvgIpc) is 3.79. The van der Waals surface area contributed by atoms with Crippen LogP contribution in [0.4, 0.5) is 0 Å². The Balaban J connectivity index is 0.00000353. The number of fused-ring (bicyclic) bond motifs is 1. The van der Waals surface area contributed by atoms with Crippen LogP contribution < -0.4 is 39.4 Å². The van der Waals surface area contributed by atoms with Gasteiger partial charge in [-0.05, 0) is 135 Å². The number of hydrogen-bond acceptors (Lipinski definition) is 5. The van der Waals surface area contributed by atoms with E-state index in [2.05, 4.69) is 72.3 Å². The molecule has 0 spiro atoms. The number of ether oxygens (including phenoxy) is 1. The molecule has 3 heterocycles. The van der Waals surface area contributed by atoms with Gasteiger partial charge in [-0.25, -0.2) is 0 Å². The van der Waals surface area contributed by atoms with Gasteiger partial charge in [-0.15, -0.1) is 0 Å². The molecular weight excluding hydrogens is 531 g/mol. The first-order chi connectivity index (χ1) is 19.7. The number of rotatable bonds is 8. The first kappa shape index (κ1) is 31.3. The molecule has 6 heteroatoms. The fourth-order valence-electron chi connectivity index (χ4n) is 7.16. The summed E-state index contributed by atoms with van der Waals surface area (Å²) in [7, 11) is 0. The minimum atomic E-state index is -0.965. The van der Waals surface area contributed by atoms with Crippen LogP contribution in [-0.4, -0.2) is 27.9 Å². The normalized spacial score (nSPS) is 21.4. The number of nitrogens with zero attached hydrogens (tertiary/aromatic N) is 2. The number of aromatic nitrogens is 1. The van der Waals surface area contributed by atoms with Crippen LogP contribution in [0.25, 0.3) is 11.1 Å². The molecule has 0 N–H and O–H groups in total. The van der Waals surface area contributed by atoms with Crippen molar-refractivity contribution in [1.82, 2.24) is 9.88 Å². The van der Waals surface area contributed by atoms with Gasteiger partial charge in [0, 0.05) is 35.9 Å². The molecule has 1 unspecified atom stereocenters. The summed E-state index contributed by atoms with van der Waals surface area (Å²) in [5, 5.41) is 11.8. The molecule has 2 fully saturated rings. The zero-order valence-corrected chi connectivity index (χ0v) is 28.0. The Kier molecular flexibility index (Phi) is 9.54. The fraction of sp³-hybridized carbons (Fsp3) is 0.500. The molecule has 5 nitrogen and oxygen atoms in total. The molecule has 0 amide bonds. The summed E-state index contributed by atoms with van der Waals surface area (Å²) in [5.74, 6) is -0.163. The Hall–Kier alpha value is -2.18. The van der Waals surface area contributed by atoms with E-state index in [0.29, 0.717) is 5.92 Å². The molecule has 1 saturated heterocycles. The van der Waals surface area contributed by atoms with E-state index in [1.165, 1.54) is 47.1 Å². The fourth-order valence-corrected chi connectivity index (χ4v) is 7.16. The molecule has 2 aromatic carbocycles. The molecular formula is C36H43N2NaO3. The minimum Gasteiger partial charge on any atom is -0.550 e. The van der Waals surface area contributed by atoms with Crippen LogP contribution in [-0.2, 0) is 17.8 Å². The van der Waals surface area contributed by atoms with E-state index < -0.39 is 11.9 Å². The molecule has 3 atom stereocenters. The molecule has 6 rings (SSSR count). The Morgan fingerprint density at radius 1 is 1.07 bits per heavy atom. The van der Waals surface area contributed by atoms with Gasteiger partial charge in [0.05, 0.1) is 0 Å². The molecule has 1 saturated carbocycles. The number of pyridine rings is 1. The van der Waals surface area contributed by atoms with Crippen molar-refractivity contribution in [2.75, 3.05) is 6.54 Å². The summed E-state index contributed by atoms with van der Waals surface area (Å²) < 4.78 is 6.80. The molecule has 2 aliphatic heterocycles. The smallest absolute Gasteiger partial charge is 0.550 e. The summed E-state index contributed by atoms with van der Waals surface area (Å²) in [4.78, 5) is 18.9. The number of carboxylic acid groups (broad SMARTS) is 1. The van der Waals surface area contributed by atoms with Crippen molar-refractivity contribution in [3.8, 4) is 16.9 Å². The van der Waals surface area contributed by atoms with Gasteiger partial charge in [0.15, 0.2) is 0 Å². The molecule has 1 aromatic heterocycles. The van der Waals surface area contributed by atoms with E-state index in [1.807, 2.05) is 13.1 Å². The number of aliphatic carboxylic acids is 1. The maximum Gasteiger partial charge on any atom is 1.00 e. The van der Waals surface area contributed by atoms with E-state index in [-0.39, 0.29) is 47.1 Å². The van der Waals surface area contributed by atoms with E-state index in [1.54, 1.807) is 6.92 Å². The van der Waals surface area contributed by atoms with Crippen molar-refractivity contribution in [2.24, 2.45) is 11.8 Å². The summed E-state index contributed by atoms with van der Waals surface area (Å²) in [6.07, 6.45) is 9.65. The summed E-state index contributed by atoms with van der Waals surface area (Å²) in [5.41, 5.74) is 8.47. The summed E-state index contributed by atoms with van der Waals surface area (Å²) in [6.45, 7) is 10.6. The number of carbonyl (C=O) groups is 1. The van der Waals surface area contributed by atoms with Gasteiger partial charge in [-0.2, -0.15) is 0 Å². The van der Waals surface area contributed by atoms with E-state index >= 15 is 0 Å². The van der Waals surface area contributed by atoms with E-state index in [9.17, 15) is 9.90 Å². The zero-order chi connectivity index (χ0) is 28.7. The number of benzene rings is 2. The molecule has 3 aliphatic rings. The third kappa shape index (κ3) is 6.65. The van der Waals surface area contributed by atoms with Gasteiger partial charge >= 0.3 is 29.6 Å². The van der Waals surface area contributed by atoms with Crippen molar-refractivity contribution < 1.29 is 44.2 Å². The molecule has 3 aromatic rings. The van der Waals surface area contributed by atoms with Crippen LogP contribution in [0.5, 0.6) is 5.75 Å². The SMILES string of the molecule is Cc1cc(-c2ccc(C3CCc4ccc([C@H](C5CC5)[C@H](C)C(=O)[O-])cc4O3)c(CN3CCCCC3(C)C)c2)ccn1.[Na+]. The standard InChI is InChI=1S/C36H44N2O3.Na/c1-23-19-28(15-17-37-23)27-11-13-31(30(20-27)22-38-18-6-5-16-36(38,3)4)32-14-12-25-7-10-29(21-33(25)41-32)34(26-8-9-26)24(2)35(39)40;/h7,10-11,13,15,17,19-21,24,26,32,34H,5-6,8-9,12,14,16,18,22H2,1-4H3,(H,39,40);/q;+1/p-1/t24-,32?,34-;/m0./s1. The molecule has 0 bridgehead atoms. The largest absolute Gasteiger partial charge is 1.00 e. The van der Waals surface area contributed by atoms with Gasteiger partial charge in [0.2, 0.25) is 0 Å². The second-order valence-corrected chi connectivity index (χ2v) is 13.3. The van der Waals surface area contributed by atoms with Crippen LogP contribution in [0.2, 0.25) is 0 Å². The van der Waals surface area contributed by atoms with Crippen molar-refractivity contribution in [1.29, 1.82) is 0 Å². The molecule has 216 valence electrons. The quantitative estimate of drug-likeness (QED) is 0.384. The van der Waals surface area contributed by atoms with Gasteiger partial charge in [0.1, 0.15) is 11.9 Å². The number of hydrogen-bond donors (Lipinski definition) is 0. The van der Waals surface area contributed by atoms with E-state index in [0.717, 1.165) is 55.8 Å². The predicted octanol–water partition coefficient (Wildman–Crippen LogP) is 3.77.